The van der Waals surface area contributed by atoms with Gasteiger partial charge in [-0.25, -0.2) is 13.2 Å². The maximum Gasteiger partial charge on any atom is 0.323 e. The van der Waals surface area contributed by atoms with E-state index in [1.165, 1.54) is 16.4 Å². The van der Waals surface area contributed by atoms with Gasteiger partial charge < -0.3 is 15.3 Å². The van der Waals surface area contributed by atoms with E-state index in [0.717, 1.165) is 18.4 Å². The Morgan fingerprint density at radius 2 is 1.75 bits per heavy atom. The van der Waals surface area contributed by atoms with E-state index < -0.39 is 15.9 Å². The van der Waals surface area contributed by atoms with Crippen molar-refractivity contribution in [2.24, 2.45) is 0 Å². The molecule has 1 aliphatic rings. The summed E-state index contributed by atoms with van der Waals surface area (Å²) in [4.78, 5) is 29.6. The van der Waals surface area contributed by atoms with Gasteiger partial charge in [-0.3, -0.25) is 9.10 Å². The average molecular weight is 449 g/mol. The normalized spacial score (nSPS) is 13.7. The average Bonchev–Trinajstić information content (AvgIpc) is 3.18. The van der Waals surface area contributed by atoms with Gasteiger partial charge in [0, 0.05) is 17.8 Å². The molecule has 0 bridgehead atoms. The predicted octanol–water partition coefficient (Wildman–Crippen LogP) is 3.25. The topological polar surface area (TPSA) is 115 Å². The number of sulfonamides is 1. The summed E-state index contributed by atoms with van der Waals surface area (Å²) >= 11 is 0. The van der Waals surface area contributed by atoms with E-state index >= 15 is 0 Å². The Morgan fingerprint density at radius 1 is 0.938 bits per heavy atom. The zero-order valence-electron chi connectivity index (χ0n) is 17.0. The predicted molar refractivity (Wildman–Crippen MR) is 123 cm³/mol. The molecule has 2 heterocycles. The second kappa shape index (κ2) is 7.69. The first-order valence-corrected chi connectivity index (χ1v) is 11.6. The first kappa shape index (κ1) is 20.1. The van der Waals surface area contributed by atoms with E-state index in [1.807, 2.05) is 24.3 Å². The molecule has 0 unspecified atom stereocenters. The smallest absolute Gasteiger partial charge is 0.322 e. The quantitative estimate of drug-likeness (QED) is 0.444. The lowest BCUT2D eigenvalue weighted by Crippen LogP contribution is -2.35. The van der Waals surface area contributed by atoms with Crippen molar-refractivity contribution in [1.82, 2.24) is 9.97 Å². The number of hydrogen-bond donors (Lipinski definition) is 3. The molecule has 32 heavy (non-hydrogen) atoms. The highest BCUT2D eigenvalue weighted by Crippen LogP contribution is 2.32. The molecule has 3 N–H and O–H groups in total. The maximum absolute atomic E-state index is 13.4. The van der Waals surface area contributed by atoms with E-state index in [0.29, 0.717) is 29.0 Å². The molecule has 9 heteroatoms. The summed E-state index contributed by atoms with van der Waals surface area (Å²) in [6, 6.07) is 18.5. The molecule has 0 radical (unpaired) electrons. The van der Waals surface area contributed by atoms with Crippen molar-refractivity contribution in [1.29, 1.82) is 0 Å². The standard InChI is InChI=1S/C23H20N4O4S/c28-22(24-17-10-11-19-20(14-17)26-23(29)25-19)16-6-3-8-18(13-16)32(30,31)27-12-4-7-15-5-1-2-9-21(15)27/h1-3,5-6,8-11,13-14H,4,7,12H2,(H,24,28)(H2,25,26,29). The van der Waals surface area contributed by atoms with Crippen molar-refractivity contribution in [2.75, 3.05) is 16.2 Å². The van der Waals surface area contributed by atoms with E-state index in [1.54, 1.807) is 30.3 Å². The number of benzene rings is 3. The van der Waals surface area contributed by atoms with Gasteiger partial charge in [-0.05, 0) is 60.9 Å². The number of aromatic amines is 2. The third-order valence-electron chi connectivity index (χ3n) is 5.53. The summed E-state index contributed by atoms with van der Waals surface area (Å²) in [7, 11) is -3.82. The van der Waals surface area contributed by atoms with Crippen LogP contribution in [0.15, 0.2) is 76.4 Å². The second-order valence-corrected chi connectivity index (χ2v) is 9.49. The number of amides is 1. The van der Waals surface area contributed by atoms with Crippen molar-refractivity contribution in [3.05, 3.63) is 88.3 Å². The number of H-pyrrole nitrogens is 2. The van der Waals surface area contributed by atoms with Gasteiger partial charge in [0.15, 0.2) is 0 Å². The van der Waals surface area contributed by atoms with Crippen molar-refractivity contribution in [3.8, 4) is 0 Å². The van der Waals surface area contributed by atoms with Crippen LogP contribution in [0.2, 0.25) is 0 Å². The number of hydrogen-bond acceptors (Lipinski definition) is 4. The van der Waals surface area contributed by atoms with Crippen LogP contribution < -0.4 is 15.3 Å². The monoisotopic (exact) mass is 448 g/mol. The molecule has 162 valence electrons. The molecule has 0 aliphatic carbocycles. The summed E-state index contributed by atoms with van der Waals surface area (Å²) in [6.07, 6.45) is 1.57. The number of anilines is 2. The molecule has 1 aromatic heterocycles. The molecule has 3 aromatic carbocycles. The Bertz CT molecular complexity index is 1500. The summed E-state index contributed by atoms with van der Waals surface area (Å²) in [5.74, 6) is -0.446. The highest BCUT2D eigenvalue weighted by Gasteiger charge is 2.29. The number of nitrogens with one attached hydrogen (secondary N) is 3. The minimum absolute atomic E-state index is 0.0623. The van der Waals surface area contributed by atoms with Crippen LogP contribution in [0.25, 0.3) is 11.0 Å². The van der Waals surface area contributed by atoms with Crippen molar-refractivity contribution < 1.29 is 13.2 Å². The Labute approximate surface area is 184 Å². The molecule has 4 aromatic rings. The van der Waals surface area contributed by atoms with Crippen molar-refractivity contribution in [2.45, 2.75) is 17.7 Å². The Morgan fingerprint density at radius 3 is 2.62 bits per heavy atom. The fourth-order valence-corrected chi connectivity index (χ4v) is 5.57. The lowest BCUT2D eigenvalue weighted by atomic mass is 10.0. The number of imidazole rings is 1. The van der Waals surface area contributed by atoms with Crippen LogP contribution in [-0.2, 0) is 16.4 Å². The van der Waals surface area contributed by atoms with Gasteiger partial charge in [-0.15, -0.1) is 0 Å². The van der Waals surface area contributed by atoms with E-state index in [4.69, 9.17) is 0 Å². The summed E-state index contributed by atoms with van der Waals surface area (Å²) in [5.41, 5.74) is 3.24. The summed E-state index contributed by atoms with van der Waals surface area (Å²) in [6.45, 7) is 0.394. The molecule has 0 saturated heterocycles. The van der Waals surface area contributed by atoms with Crippen molar-refractivity contribution in [3.63, 3.8) is 0 Å². The Hall–Kier alpha value is -3.85. The molecule has 0 spiro atoms. The van der Waals surface area contributed by atoms with Crippen LogP contribution >= 0.6 is 0 Å². The van der Waals surface area contributed by atoms with Gasteiger partial charge in [0.25, 0.3) is 15.9 Å². The highest BCUT2D eigenvalue weighted by molar-refractivity contribution is 7.92. The second-order valence-electron chi connectivity index (χ2n) is 7.63. The first-order chi connectivity index (χ1) is 15.4. The van der Waals surface area contributed by atoms with Gasteiger partial charge in [0.2, 0.25) is 0 Å². The number of aromatic nitrogens is 2. The number of aryl methyl sites for hydroxylation is 1. The zero-order valence-corrected chi connectivity index (χ0v) is 17.8. The van der Waals surface area contributed by atoms with E-state index in [-0.39, 0.29) is 16.1 Å². The molecule has 0 fully saturated rings. The first-order valence-electron chi connectivity index (χ1n) is 10.2. The Kier molecular flexibility index (Phi) is 4.82. The van der Waals surface area contributed by atoms with Crippen LogP contribution in [0.5, 0.6) is 0 Å². The number of nitrogens with zero attached hydrogens (tertiary/aromatic N) is 1. The largest absolute Gasteiger partial charge is 0.323 e. The van der Waals surface area contributed by atoms with Gasteiger partial charge >= 0.3 is 5.69 Å². The molecular weight excluding hydrogens is 428 g/mol. The maximum atomic E-state index is 13.4. The lowest BCUT2D eigenvalue weighted by Gasteiger charge is -2.30. The van der Waals surface area contributed by atoms with Gasteiger partial charge in [-0.1, -0.05) is 24.3 Å². The molecule has 5 rings (SSSR count). The van der Waals surface area contributed by atoms with Crippen LogP contribution in [0.4, 0.5) is 11.4 Å². The van der Waals surface area contributed by atoms with Crippen LogP contribution in [0.3, 0.4) is 0 Å². The summed E-state index contributed by atoms with van der Waals surface area (Å²) in [5, 5.41) is 2.75. The Balaban J connectivity index is 1.43. The molecular formula is C23H20N4O4S. The number of rotatable bonds is 4. The molecule has 8 nitrogen and oxygen atoms in total. The third-order valence-corrected chi connectivity index (χ3v) is 7.33. The number of fused-ring (bicyclic) bond motifs is 2. The zero-order chi connectivity index (χ0) is 22.3. The third kappa shape index (κ3) is 3.56. The lowest BCUT2D eigenvalue weighted by molar-refractivity contribution is 0.102. The SMILES string of the molecule is O=C(Nc1ccc2[nH]c(=O)[nH]c2c1)c1cccc(S(=O)(=O)N2CCCc3ccccc32)c1. The fourth-order valence-electron chi connectivity index (χ4n) is 3.99. The fraction of sp³-hybridized carbons (Fsp3) is 0.130. The minimum Gasteiger partial charge on any atom is -0.322 e. The van der Waals surface area contributed by atoms with Crippen LogP contribution in [-0.4, -0.2) is 30.8 Å². The van der Waals surface area contributed by atoms with E-state index in [9.17, 15) is 18.0 Å². The summed E-state index contributed by atoms with van der Waals surface area (Å²) < 4.78 is 28.2. The number of para-hydroxylation sites is 1. The molecule has 0 atom stereocenters. The van der Waals surface area contributed by atoms with Crippen LogP contribution in [0.1, 0.15) is 22.3 Å². The highest BCUT2D eigenvalue weighted by atomic mass is 32.2. The number of carbonyl (C=O) groups is 1. The van der Waals surface area contributed by atoms with E-state index in [2.05, 4.69) is 15.3 Å². The number of carbonyl (C=O) groups excluding carboxylic acids is 1. The minimum atomic E-state index is -3.82. The molecule has 1 aliphatic heterocycles. The molecule has 0 saturated carbocycles. The van der Waals surface area contributed by atoms with Crippen LogP contribution in [0, 0.1) is 0 Å². The molecule has 1 amide bonds. The van der Waals surface area contributed by atoms with Gasteiger partial charge in [0.05, 0.1) is 21.6 Å². The van der Waals surface area contributed by atoms with Crippen molar-refractivity contribution >= 4 is 38.3 Å². The van der Waals surface area contributed by atoms with Gasteiger partial charge in [-0.2, -0.15) is 0 Å². The van der Waals surface area contributed by atoms with Gasteiger partial charge in [0.1, 0.15) is 0 Å².